The van der Waals surface area contributed by atoms with Crippen LogP contribution in [0, 0.1) is 13.8 Å². The summed E-state index contributed by atoms with van der Waals surface area (Å²) >= 11 is 0. The molecule has 0 bridgehead atoms. The second-order valence-corrected chi connectivity index (χ2v) is 4.11. The summed E-state index contributed by atoms with van der Waals surface area (Å²) in [5, 5.41) is 18.3. The zero-order valence-corrected chi connectivity index (χ0v) is 10.2. The van der Waals surface area contributed by atoms with E-state index in [0.29, 0.717) is 11.1 Å². The van der Waals surface area contributed by atoms with Crippen LogP contribution in [0.2, 0.25) is 0 Å². The third-order valence-electron chi connectivity index (χ3n) is 2.57. The van der Waals surface area contributed by atoms with E-state index in [4.69, 9.17) is 0 Å². The highest BCUT2D eigenvalue weighted by Crippen LogP contribution is 2.30. The monoisotopic (exact) mass is 237 g/mol. The number of benzene rings is 1. The molecule has 0 aliphatic heterocycles. The Labute approximate surface area is 99.3 Å². The van der Waals surface area contributed by atoms with Gasteiger partial charge in [-0.3, -0.25) is 0 Å². The minimum Gasteiger partial charge on any atom is -0.478 e. The van der Waals surface area contributed by atoms with Gasteiger partial charge in [-0.05, 0) is 25.0 Å². The van der Waals surface area contributed by atoms with E-state index < -0.39 is 11.9 Å². The summed E-state index contributed by atoms with van der Waals surface area (Å²) in [5.74, 6) is -2.23. The van der Waals surface area contributed by atoms with Gasteiger partial charge in [0, 0.05) is 14.1 Å². The molecule has 0 amide bonds. The molecule has 0 aromatic heterocycles. The quantitative estimate of drug-likeness (QED) is 0.837. The maximum atomic E-state index is 11.2. The molecule has 0 aliphatic carbocycles. The first-order valence-corrected chi connectivity index (χ1v) is 5.05. The van der Waals surface area contributed by atoms with Crippen molar-refractivity contribution in [2.24, 2.45) is 0 Å². The molecule has 0 saturated carbocycles. The van der Waals surface area contributed by atoms with Gasteiger partial charge >= 0.3 is 11.9 Å². The third-order valence-corrected chi connectivity index (χ3v) is 2.57. The number of carbonyl (C=O) groups is 2. The van der Waals surface area contributed by atoms with Gasteiger partial charge in [0.05, 0.1) is 16.8 Å². The van der Waals surface area contributed by atoms with Crippen molar-refractivity contribution in [3.8, 4) is 0 Å². The zero-order valence-electron chi connectivity index (χ0n) is 10.2. The Bertz CT molecular complexity index is 454. The molecule has 0 radical (unpaired) electrons. The van der Waals surface area contributed by atoms with E-state index in [1.54, 1.807) is 34.0 Å². The molecule has 0 saturated heterocycles. The summed E-state index contributed by atoms with van der Waals surface area (Å²) in [6.07, 6.45) is 0. The van der Waals surface area contributed by atoms with E-state index in [0.717, 1.165) is 0 Å². The number of rotatable bonds is 3. The number of carboxylic acids is 2. The number of hydrogen-bond acceptors (Lipinski definition) is 3. The van der Waals surface area contributed by atoms with Crippen molar-refractivity contribution in [3.05, 3.63) is 28.3 Å². The van der Waals surface area contributed by atoms with Crippen LogP contribution in [0.4, 0.5) is 5.69 Å². The summed E-state index contributed by atoms with van der Waals surface area (Å²) in [7, 11) is 3.26. The highest BCUT2D eigenvalue weighted by molar-refractivity contribution is 6.05. The Morgan fingerprint density at radius 3 is 1.59 bits per heavy atom. The van der Waals surface area contributed by atoms with Crippen molar-refractivity contribution in [2.45, 2.75) is 13.8 Å². The second-order valence-electron chi connectivity index (χ2n) is 4.11. The number of aromatic carboxylic acids is 2. The van der Waals surface area contributed by atoms with Gasteiger partial charge in [-0.2, -0.15) is 0 Å². The largest absolute Gasteiger partial charge is 0.478 e. The lowest BCUT2D eigenvalue weighted by Crippen LogP contribution is -2.20. The number of anilines is 1. The first-order chi connectivity index (χ1) is 7.77. The summed E-state index contributed by atoms with van der Waals surface area (Å²) in [5.41, 5.74) is 1.44. The van der Waals surface area contributed by atoms with E-state index in [1.807, 2.05) is 0 Å². The Kier molecular flexibility index (Phi) is 3.41. The average molecular weight is 237 g/mol. The lowest BCUT2D eigenvalue weighted by Gasteiger charge is -2.21. The highest BCUT2D eigenvalue weighted by Gasteiger charge is 2.24. The minimum absolute atomic E-state index is 0.0398. The van der Waals surface area contributed by atoms with E-state index in [2.05, 4.69) is 0 Å². The Balaban J connectivity index is 3.78. The molecule has 0 fully saturated rings. The maximum absolute atomic E-state index is 11.2. The summed E-state index contributed by atoms with van der Waals surface area (Å²) in [6, 6.07) is 1.58. The number of carboxylic acid groups (broad SMARTS) is 2. The molecule has 92 valence electrons. The predicted octanol–water partition coefficient (Wildman–Crippen LogP) is 1.77. The molecule has 0 aliphatic rings. The van der Waals surface area contributed by atoms with Crippen LogP contribution >= 0.6 is 0 Å². The van der Waals surface area contributed by atoms with E-state index in [1.165, 1.54) is 4.90 Å². The van der Waals surface area contributed by atoms with Crippen LogP contribution in [0.1, 0.15) is 31.8 Å². The SMILES string of the molecule is Cc1cc(C)c(C(=O)O)c(N(C)C)c1C(=O)O. The van der Waals surface area contributed by atoms with Crippen molar-refractivity contribution in [1.82, 2.24) is 0 Å². The van der Waals surface area contributed by atoms with Gasteiger partial charge in [0.25, 0.3) is 0 Å². The summed E-state index contributed by atoms with van der Waals surface area (Å²) in [6.45, 7) is 3.32. The molecular weight excluding hydrogens is 222 g/mol. The first-order valence-electron chi connectivity index (χ1n) is 5.05. The van der Waals surface area contributed by atoms with Gasteiger partial charge in [-0.15, -0.1) is 0 Å². The molecule has 0 unspecified atom stereocenters. The molecule has 0 atom stereocenters. The number of hydrogen-bond donors (Lipinski definition) is 2. The van der Waals surface area contributed by atoms with Gasteiger partial charge in [0.1, 0.15) is 0 Å². The van der Waals surface area contributed by atoms with Gasteiger partial charge in [-0.25, -0.2) is 9.59 Å². The highest BCUT2D eigenvalue weighted by atomic mass is 16.4. The van der Waals surface area contributed by atoms with Gasteiger partial charge in [-0.1, -0.05) is 6.07 Å². The maximum Gasteiger partial charge on any atom is 0.338 e. The standard InChI is InChI=1S/C12H15NO4/c1-6-5-7(2)9(12(16)17)10(13(3)4)8(6)11(14)15/h5H,1-4H3,(H,14,15)(H,16,17). The molecule has 17 heavy (non-hydrogen) atoms. The van der Waals surface area contributed by atoms with Crippen molar-refractivity contribution in [3.63, 3.8) is 0 Å². The molecule has 0 heterocycles. The average Bonchev–Trinajstić information content (AvgIpc) is 2.14. The lowest BCUT2D eigenvalue weighted by atomic mass is 9.96. The van der Waals surface area contributed by atoms with Gasteiger partial charge in [0.2, 0.25) is 0 Å². The normalized spacial score (nSPS) is 10.1. The van der Waals surface area contributed by atoms with Crippen molar-refractivity contribution >= 4 is 17.6 Å². The molecule has 5 heteroatoms. The molecule has 1 rings (SSSR count). The van der Waals surface area contributed by atoms with Crippen LogP contribution in [0.15, 0.2) is 6.07 Å². The van der Waals surface area contributed by atoms with Crippen molar-refractivity contribution in [1.29, 1.82) is 0 Å². The van der Waals surface area contributed by atoms with Crippen molar-refractivity contribution in [2.75, 3.05) is 19.0 Å². The molecular formula is C12H15NO4. The third kappa shape index (κ3) is 2.22. The summed E-state index contributed by atoms with van der Waals surface area (Å²) in [4.78, 5) is 23.9. The number of aryl methyl sites for hydroxylation is 2. The van der Waals surface area contributed by atoms with Crippen LogP contribution in [0.25, 0.3) is 0 Å². The Morgan fingerprint density at radius 2 is 1.35 bits per heavy atom. The fraction of sp³-hybridized carbons (Fsp3) is 0.333. The second kappa shape index (κ2) is 4.45. The Hall–Kier alpha value is -2.04. The smallest absolute Gasteiger partial charge is 0.338 e. The molecule has 0 spiro atoms. The van der Waals surface area contributed by atoms with E-state index in [9.17, 15) is 19.8 Å². The number of nitrogens with zero attached hydrogens (tertiary/aromatic N) is 1. The van der Waals surface area contributed by atoms with Crippen molar-refractivity contribution < 1.29 is 19.8 Å². The topological polar surface area (TPSA) is 77.8 Å². The van der Waals surface area contributed by atoms with Crippen LogP contribution in [-0.4, -0.2) is 36.2 Å². The zero-order chi connectivity index (χ0) is 13.3. The molecule has 2 N–H and O–H groups in total. The Morgan fingerprint density at radius 1 is 1.00 bits per heavy atom. The predicted molar refractivity (Wildman–Crippen MR) is 64.2 cm³/mol. The van der Waals surface area contributed by atoms with Gasteiger partial charge < -0.3 is 15.1 Å². The fourth-order valence-electron chi connectivity index (χ4n) is 1.95. The fourth-order valence-corrected chi connectivity index (χ4v) is 1.95. The molecule has 1 aromatic rings. The van der Waals surface area contributed by atoms with Crippen LogP contribution in [0.5, 0.6) is 0 Å². The van der Waals surface area contributed by atoms with E-state index in [-0.39, 0.29) is 16.8 Å². The van der Waals surface area contributed by atoms with Crippen LogP contribution < -0.4 is 4.90 Å². The van der Waals surface area contributed by atoms with E-state index >= 15 is 0 Å². The van der Waals surface area contributed by atoms with Crippen LogP contribution in [0.3, 0.4) is 0 Å². The molecule has 1 aromatic carbocycles. The summed E-state index contributed by atoms with van der Waals surface area (Å²) < 4.78 is 0. The molecule has 5 nitrogen and oxygen atoms in total. The lowest BCUT2D eigenvalue weighted by molar-refractivity contribution is 0.0695. The van der Waals surface area contributed by atoms with Crippen LogP contribution in [-0.2, 0) is 0 Å². The first kappa shape index (κ1) is 13.0. The minimum atomic E-state index is -1.12. The van der Waals surface area contributed by atoms with Gasteiger partial charge in [0.15, 0.2) is 0 Å².